The second-order valence-corrected chi connectivity index (χ2v) is 5.91. The molecule has 2 N–H and O–H groups in total. The first-order chi connectivity index (χ1) is 9.36. The van der Waals surface area contributed by atoms with Gasteiger partial charge in [0.25, 0.3) is 0 Å². The number of hydrogen-bond donors (Lipinski definition) is 2. The van der Waals surface area contributed by atoms with Crippen molar-refractivity contribution in [3.8, 4) is 0 Å². The molecular formula is C15H30N2O3. The Kier molecular flexibility index (Phi) is 9.86. The van der Waals surface area contributed by atoms with E-state index in [1.165, 1.54) is 0 Å². The number of hydrogen-bond acceptors (Lipinski definition) is 2. The number of nitrogens with one attached hydrogen (secondary N) is 1. The Labute approximate surface area is 122 Å². The zero-order chi connectivity index (χ0) is 15.5. The number of carboxylic acid groups (broad SMARTS) is 1. The third kappa shape index (κ3) is 9.64. The van der Waals surface area contributed by atoms with Crippen molar-refractivity contribution >= 4 is 12.0 Å². The Morgan fingerprint density at radius 1 is 1.25 bits per heavy atom. The van der Waals surface area contributed by atoms with Crippen molar-refractivity contribution in [3.05, 3.63) is 0 Å². The minimum atomic E-state index is -0.804. The topological polar surface area (TPSA) is 69.6 Å². The minimum absolute atomic E-state index is 0.000455. The van der Waals surface area contributed by atoms with Crippen molar-refractivity contribution in [1.82, 2.24) is 10.2 Å². The van der Waals surface area contributed by atoms with Gasteiger partial charge < -0.3 is 15.3 Å². The molecule has 118 valence electrons. The summed E-state index contributed by atoms with van der Waals surface area (Å²) in [4.78, 5) is 24.4. The summed E-state index contributed by atoms with van der Waals surface area (Å²) in [7, 11) is 1.78. The minimum Gasteiger partial charge on any atom is -0.481 e. The van der Waals surface area contributed by atoms with E-state index in [1.807, 2.05) is 0 Å². The molecule has 0 unspecified atom stereocenters. The van der Waals surface area contributed by atoms with Crippen LogP contribution in [-0.4, -0.2) is 42.1 Å². The van der Waals surface area contributed by atoms with Gasteiger partial charge in [-0.15, -0.1) is 0 Å². The molecule has 0 bridgehead atoms. The van der Waals surface area contributed by atoms with Gasteiger partial charge in [-0.25, -0.2) is 4.79 Å². The summed E-state index contributed by atoms with van der Waals surface area (Å²) in [5.74, 6) is -0.375. The number of unbranched alkanes of at least 4 members (excludes halogenated alkanes) is 2. The average Bonchev–Trinajstić information content (AvgIpc) is 2.34. The lowest BCUT2D eigenvalue weighted by Crippen LogP contribution is -2.40. The molecule has 20 heavy (non-hydrogen) atoms. The van der Waals surface area contributed by atoms with Crippen LogP contribution in [0.2, 0.25) is 0 Å². The standard InChI is InChI=1S/C15H30N2O3/c1-5-6-7-8-17(4)15(20)16-11-13(9-12(2)3)10-14(18)19/h12-13H,5-11H2,1-4H3,(H,16,20)(H,18,19)/t13-/m0/s1. The van der Waals surface area contributed by atoms with Gasteiger partial charge in [0.2, 0.25) is 0 Å². The van der Waals surface area contributed by atoms with E-state index in [4.69, 9.17) is 5.11 Å². The van der Waals surface area contributed by atoms with Crippen molar-refractivity contribution in [1.29, 1.82) is 0 Å². The van der Waals surface area contributed by atoms with E-state index in [1.54, 1.807) is 11.9 Å². The van der Waals surface area contributed by atoms with Gasteiger partial charge in [0.15, 0.2) is 0 Å². The van der Waals surface area contributed by atoms with E-state index in [9.17, 15) is 9.59 Å². The normalized spacial score (nSPS) is 12.2. The lowest BCUT2D eigenvalue weighted by molar-refractivity contribution is -0.138. The number of aliphatic carboxylic acids is 1. The number of amides is 2. The number of rotatable bonds is 10. The summed E-state index contributed by atoms with van der Waals surface area (Å²) in [5, 5.41) is 11.7. The third-order valence-corrected chi connectivity index (χ3v) is 3.25. The number of carboxylic acids is 1. The highest BCUT2D eigenvalue weighted by Crippen LogP contribution is 2.14. The van der Waals surface area contributed by atoms with Crippen LogP contribution >= 0.6 is 0 Å². The van der Waals surface area contributed by atoms with Crippen LogP contribution in [-0.2, 0) is 4.79 Å². The van der Waals surface area contributed by atoms with Gasteiger partial charge in [-0.05, 0) is 24.7 Å². The number of urea groups is 1. The molecule has 0 fully saturated rings. The summed E-state index contributed by atoms with van der Waals surface area (Å²) < 4.78 is 0. The molecule has 0 saturated heterocycles. The Morgan fingerprint density at radius 2 is 1.90 bits per heavy atom. The molecule has 0 aliphatic rings. The Morgan fingerprint density at radius 3 is 2.40 bits per heavy atom. The van der Waals surface area contributed by atoms with Gasteiger partial charge in [0.05, 0.1) is 0 Å². The molecule has 0 heterocycles. The largest absolute Gasteiger partial charge is 0.481 e. The maximum atomic E-state index is 11.9. The van der Waals surface area contributed by atoms with Gasteiger partial charge in [0, 0.05) is 26.6 Å². The first kappa shape index (κ1) is 18.7. The second-order valence-electron chi connectivity index (χ2n) is 5.91. The fraction of sp³-hybridized carbons (Fsp3) is 0.867. The van der Waals surface area contributed by atoms with Crippen LogP contribution < -0.4 is 5.32 Å². The molecule has 0 aliphatic carbocycles. The molecule has 0 aliphatic heterocycles. The van der Waals surface area contributed by atoms with Gasteiger partial charge in [-0.2, -0.15) is 0 Å². The van der Waals surface area contributed by atoms with Gasteiger partial charge in [0.1, 0.15) is 0 Å². The molecule has 0 aromatic heterocycles. The Bertz CT molecular complexity index is 293. The maximum Gasteiger partial charge on any atom is 0.317 e. The fourth-order valence-electron chi connectivity index (χ4n) is 2.22. The molecule has 5 heteroatoms. The highest BCUT2D eigenvalue weighted by atomic mass is 16.4. The van der Waals surface area contributed by atoms with Crippen molar-refractivity contribution in [2.75, 3.05) is 20.1 Å². The molecule has 1 atom stereocenters. The summed E-state index contributed by atoms with van der Waals surface area (Å²) in [6.45, 7) is 7.43. The van der Waals surface area contributed by atoms with E-state index in [-0.39, 0.29) is 18.4 Å². The smallest absolute Gasteiger partial charge is 0.317 e. The molecule has 0 rings (SSSR count). The zero-order valence-corrected chi connectivity index (χ0v) is 13.3. The molecule has 0 aromatic rings. The molecule has 0 radical (unpaired) electrons. The molecule has 0 saturated carbocycles. The van der Waals surface area contributed by atoms with E-state index >= 15 is 0 Å². The van der Waals surface area contributed by atoms with Gasteiger partial charge in [-0.1, -0.05) is 33.6 Å². The number of carbonyl (C=O) groups excluding carboxylic acids is 1. The number of carbonyl (C=O) groups is 2. The van der Waals surface area contributed by atoms with Gasteiger partial charge >= 0.3 is 12.0 Å². The Hall–Kier alpha value is -1.26. The molecule has 5 nitrogen and oxygen atoms in total. The van der Waals surface area contributed by atoms with Crippen LogP contribution in [0.15, 0.2) is 0 Å². The van der Waals surface area contributed by atoms with Crippen molar-refractivity contribution < 1.29 is 14.7 Å². The number of nitrogens with zero attached hydrogens (tertiary/aromatic N) is 1. The van der Waals surface area contributed by atoms with E-state index in [2.05, 4.69) is 26.1 Å². The first-order valence-electron chi connectivity index (χ1n) is 7.57. The molecular weight excluding hydrogens is 256 g/mol. The summed E-state index contributed by atoms with van der Waals surface area (Å²) in [6.07, 6.45) is 4.17. The van der Waals surface area contributed by atoms with Crippen molar-refractivity contribution in [3.63, 3.8) is 0 Å². The van der Waals surface area contributed by atoms with E-state index in [0.29, 0.717) is 12.5 Å². The molecule has 0 aromatic carbocycles. The fourth-order valence-corrected chi connectivity index (χ4v) is 2.22. The van der Waals surface area contributed by atoms with Crippen molar-refractivity contribution in [2.24, 2.45) is 11.8 Å². The third-order valence-electron chi connectivity index (χ3n) is 3.25. The quantitative estimate of drug-likeness (QED) is 0.607. The van der Waals surface area contributed by atoms with Crippen LogP contribution in [0.4, 0.5) is 4.79 Å². The van der Waals surface area contributed by atoms with E-state index in [0.717, 1.165) is 32.2 Å². The van der Waals surface area contributed by atoms with Crippen LogP contribution in [0.1, 0.15) is 52.9 Å². The average molecular weight is 286 g/mol. The molecule has 0 spiro atoms. The highest BCUT2D eigenvalue weighted by molar-refractivity contribution is 5.74. The van der Waals surface area contributed by atoms with Crippen LogP contribution in [0.3, 0.4) is 0 Å². The predicted molar refractivity (Wildman–Crippen MR) is 80.8 cm³/mol. The maximum absolute atomic E-state index is 11.9. The van der Waals surface area contributed by atoms with Crippen LogP contribution in [0.25, 0.3) is 0 Å². The highest BCUT2D eigenvalue weighted by Gasteiger charge is 2.17. The lowest BCUT2D eigenvalue weighted by atomic mass is 9.94. The van der Waals surface area contributed by atoms with Crippen LogP contribution in [0, 0.1) is 11.8 Å². The summed E-state index contributed by atoms with van der Waals surface area (Å²) in [5.41, 5.74) is 0. The SMILES string of the molecule is CCCCCN(C)C(=O)NC[C@H](CC(=O)O)CC(C)C. The Balaban J connectivity index is 4.11. The van der Waals surface area contributed by atoms with Crippen LogP contribution in [0.5, 0.6) is 0 Å². The molecule has 2 amide bonds. The van der Waals surface area contributed by atoms with E-state index < -0.39 is 5.97 Å². The lowest BCUT2D eigenvalue weighted by Gasteiger charge is -2.21. The zero-order valence-electron chi connectivity index (χ0n) is 13.3. The summed E-state index contributed by atoms with van der Waals surface area (Å²) >= 11 is 0. The predicted octanol–water partition coefficient (Wildman–Crippen LogP) is 2.96. The van der Waals surface area contributed by atoms with Crippen molar-refractivity contribution in [2.45, 2.75) is 52.9 Å². The first-order valence-corrected chi connectivity index (χ1v) is 7.57. The summed E-state index contributed by atoms with van der Waals surface area (Å²) in [6, 6.07) is -0.111. The second kappa shape index (κ2) is 10.5. The van der Waals surface area contributed by atoms with Gasteiger partial charge in [-0.3, -0.25) is 4.79 Å². The monoisotopic (exact) mass is 286 g/mol.